The van der Waals surface area contributed by atoms with E-state index >= 15 is 0 Å². The minimum Gasteiger partial charge on any atom is -0.465 e. The van der Waals surface area contributed by atoms with Crippen LogP contribution in [0.2, 0.25) is 0 Å². The summed E-state index contributed by atoms with van der Waals surface area (Å²) in [5.74, 6) is 0.0499. The van der Waals surface area contributed by atoms with Crippen LogP contribution < -0.4 is 0 Å². The van der Waals surface area contributed by atoms with E-state index in [1.807, 2.05) is 36.4 Å². The molecule has 1 aromatic heterocycles. The molecule has 0 spiro atoms. The second-order valence-corrected chi connectivity index (χ2v) is 5.19. The van der Waals surface area contributed by atoms with Crippen molar-refractivity contribution in [3.63, 3.8) is 0 Å². The third-order valence-electron chi connectivity index (χ3n) is 3.44. The van der Waals surface area contributed by atoms with E-state index in [1.165, 1.54) is 7.11 Å². The van der Waals surface area contributed by atoms with Gasteiger partial charge in [0.15, 0.2) is 0 Å². The molecule has 1 heterocycles. The summed E-state index contributed by atoms with van der Waals surface area (Å²) < 4.78 is 15.8. The van der Waals surface area contributed by atoms with Gasteiger partial charge in [0.25, 0.3) is 0 Å². The number of rotatable bonds is 6. The summed E-state index contributed by atoms with van der Waals surface area (Å²) in [6, 6.07) is 16.9. The molecule has 0 saturated heterocycles. The molecule has 5 heteroatoms. The molecule has 2 aromatic carbocycles. The fraction of sp³-hybridized carbons (Fsp3) is 0.158. The Bertz CT molecular complexity index is 811. The lowest BCUT2D eigenvalue weighted by Crippen LogP contribution is -2.00. The fourth-order valence-corrected chi connectivity index (χ4v) is 2.25. The average molecular weight is 323 g/mol. The van der Waals surface area contributed by atoms with Gasteiger partial charge in [-0.1, -0.05) is 36.4 Å². The average Bonchev–Trinajstić information content (AvgIpc) is 3.11. The van der Waals surface area contributed by atoms with Crippen molar-refractivity contribution < 1.29 is 18.7 Å². The van der Waals surface area contributed by atoms with E-state index in [0.29, 0.717) is 35.9 Å². The number of carbonyl (C=O) groups excluding carboxylic acids is 1. The highest BCUT2D eigenvalue weighted by Gasteiger charge is 2.11. The summed E-state index contributed by atoms with van der Waals surface area (Å²) in [7, 11) is 1.35. The highest BCUT2D eigenvalue weighted by atomic mass is 16.5. The van der Waals surface area contributed by atoms with Gasteiger partial charge >= 0.3 is 5.97 Å². The number of methoxy groups -OCH3 is 1. The van der Waals surface area contributed by atoms with Crippen molar-refractivity contribution in [2.45, 2.75) is 13.2 Å². The Kier molecular flexibility index (Phi) is 5.03. The van der Waals surface area contributed by atoms with E-state index in [1.54, 1.807) is 24.5 Å². The first kappa shape index (κ1) is 16.0. The molecule has 24 heavy (non-hydrogen) atoms. The third-order valence-corrected chi connectivity index (χ3v) is 3.44. The summed E-state index contributed by atoms with van der Waals surface area (Å²) in [6.07, 6.45) is 1.56. The van der Waals surface area contributed by atoms with Gasteiger partial charge in [-0.25, -0.2) is 9.78 Å². The van der Waals surface area contributed by atoms with Crippen LogP contribution in [0.4, 0.5) is 0 Å². The van der Waals surface area contributed by atoms with Crippen LogP contribution in [0, 0.1) is 0 Å². The largest absolute Gasteiger partial charge is 0.465 e. The van der Waals surface area contributed by atoms with Gasteiger partial charge in [0.1, 0.15) is 12.0 Å². The molecule has 5 nitrogen and oxygen atoms in total. The van der Waals surface area contributed by atoms with Gasteiger partial charge in [0.05, 0.1) is 25.9 Å². The Balaban J connectivity index is 1.64. The number of esters is 1. The van der Waals surface area contributed by atoms with Crippen LogP contribution in [-0.4, -0.2) is 18.1 Å². The number of aromatic nitrogens is 1. The predicted molar refractivity (Wildman–Crippen MR) is 88.2 cm³/mol. The summed E-state index contributed by atoms with van der Waals surface area (Å²) in [6.45, 7) is 0.871. The zero-order chi connectivity index (χ0) is 16.8. The summed E-state index contributed by atoms with van der Waals surface area (Å²) in [4.78, 5) is 16.0. The van der Waals surface area contributed by atoms with Crippen LogP contribution in [0.3, 0.4) is 0 Å². The smallest absolute Gasteiger partial charge is 0.337 e. The van der Waals surface area contributed by atoms with Crippen LogP contribution in [-0.2, 0) is 22.7 Å². The van der Waals surface area contributed by atoms with Crippen molar-refractivity contribution in [2.75, 3.05) is 7.11 Å². The fourth-order valence-electron chi connectivity index (χ4n) is 2.25. The Morgan fingerprint density at radius 1 is 1.08 bits per heavy atom. The molecule has 0 atom stereocenters. The molecule has 122 valence electrons. The summed E-state index contributed by atoms with van der Waals surface area (Å²) in [5, 5.41) is 0. The van der Waals surface area contributed by atoms with Crippen molar-refractivity contribution in [1.82, 2.24) is 4.98 Å². The van der Waals surface area contributed by atoms with E-state index in [4.69, 9.17) is 13.9 Å². The lowest BCUT2D eigenvalue weighted by atomic mass is 10.1. The van der Waals surface area contributed by atoms with Crippen molar-refractivity contribution in [1.29, 1.82) is 0 Å². The lowest BCUT2D eigenvalue weighted by Gasteiger charge is -2.02. The quantitative estimate of drug-likeness (QED) is 0.645. The topological polar surface area (TPSA) is 61.6 Å². The first-order valence-corrected chi connectivity index (χ1v) is 7.51. The van der Waals surface area contributed by atoms with E-state index in [2.05, 4.69) is 4.98 Å². The lowest BCUT2D eigenvalue weighted by molar-refractivity contribution is 0.0601. The number of hydrogen-bond donors (Lipinski definition) is 0. The maximum atomic E-state index is 11.6. The zero-order valence-corrected chi connectivity index (χ0v) is 13.3. The molecule has 0 aliphatic rings. The van der Waals surface area contributed by atoms with Gasteiger partial charge in [-0.3, -0.25) is 0 Å². The van der Waals surface area contributed by atoms with E-state index in [-0.39, 0.29) is 0 Å². The van der Waals surface area contributed by atoms with Crippen LogP contribution in [0.25, 0.3) is 11.5 Å². The standard InChI is InChI=1S/C19H17NO4/c1-22-19(21)16-9-5-8-15(10-16)18-20-17(13-24-18)12-23-11-14-6-3-2-4-7-14/h2-10,13H,11-12H2,1H3. The van der Waals surface area contributed by atoms with E-state index in [0.717, 1.165) is 5.56 Å². The molecule has 3 aromatic rings. The minimum absolute atomic E-state index is 0.356. The second-order valence-electron chi connectivity index (χ2n) is 5.19. The maximum absolute atomic E-state index is 11.6. The molecular formula is C19H17NO4. The van der Waals surface area contributed by atoms with Gasteiger partial charge in [0.2, 0.25) is 5.89 Å². The third kappa shape index (κ3) is 3.88. The molecule has 0 N–H and O–H groups in total. The number of benzene rings is 2. The van der Waals surface area contributed by atoms with Crippen LogP contribution in [0.15, 0.2) is 65.3 Å². The zero-order valence-electron chi connectivity index (χ0n) is 13.3. The predicted octanol–water partition coefficient (Wildman–Crippen LogP) is 3.85. The SMILES string of the molecule is COC(=O)c1cccc(-c2nc(COCc3ccccc3)co2)c1. The molecule has 0 saturated carbocycles. The summed E-state index contributed by atoms with van der Waals surface area (Å²) in [5.41, 5.74) is 2.97. The highest BCUT2D eigenvalue weighted by molar-refractivity contribution is 5.90. The number of nitrogens with zero attached hydrogens (tertiary/aromatic N) is 1. The minimum atomic E-state index is -0.394. The van der Waals surface area contributed by atoms with Crippen molar-refractivity contribution in [3.05, 3.63) is 77.7 Å². The molecule has 0 aliphatic carbocycles. The first-order chi connectivity index (χ1) is 11.8. The Morgan fingerprint density at radius 3 is 2.71 bits per heavy atom. The van der Waals surface area contributed by atoms with Crippen molar-refractivity contribution in [2.24, 2.45) is 0 Å². The number of carbonyl (C=O) groups is 1. The maximum Gasteiger partial charge on any atom is 0.337 e. The molecule has 0 unspecified atom stereocenters. The molecule has 0 amide bonds. The van der Waals surface area contributed by atoms with Gasteiger partial charge in [-0.05, 0) is 23.8 Å². The monoisotopic (exact) mass is 323 g/mol. The van der Waals surface area contributed by atoms with Crippen molar-refractivity contribution in [3.8, 4) is 11.5 Å². The first-order valence-electron chi connectivity index (χ1n) is 7.51. The molecule has 0 bridgehead atoms. The summed E-state index contributed by atoms with van der Waals surface area (Å²) >= 11 is 0. The van der Waals surface area contributed by atoms with Gasteiger partial charge < -0.3 is 13.9 Å². The van der Waals surface area contributed by atoms with Crippen LogP contribution in [0.5, 0.6) is 0 Å². The van der Waals surface area contributed by atoms with Gasteiger partial charge in [0, 0.05) is 5.56 Å². The highest BCUT2D eigenvalue weighted by Crippen LogP contribution is 2.20. The van der Waals surface area contributed by atoms with Crippen LogP contribution in [0.1, 0.15) is 21.6 Å². The number of oxazole rings is 1. The Labute approximate surface area is 139 Å². The van der Waals surface area contributed by atoms with Crippen molar-refractivity contribution >= 4 is 5.97 Å². The van der Waals surface area contributed by atoms with E-state index < -0.39 is 5.97 Å². The number of hydrogen-bond acceptors (Lipinski definition) is 5. The number of ether oxygens (including phenoxy) is 2. The molecule has 0 fully saturated rings. The van der Waals surface area contributed by atoms with E-state index in [9.17, 15) is 4.79 Å². The molecule has 3 rings (SSSR count). The second kappa shape index (κ2) is 7.57. The molecule has 0 aliphatic heterocycles. The Morgan fingerprint density at radius 2 is 1.92 bits per heavy atom. The Hall–Kier alpha value is -2.92. The molecular weight excluding hydrogens is 306 g/mol. The van der Waals surface area contributed by atoms with Gasteiger partial charge in [-0.2, -0.15) is 0 Å². The molecule has 0 radical (unpaired) electrons. The van der Waals surface area contributed by atoms with Gasteiger partial charge in [-0.15, -0.1) is 0 Å². The van der Waals surface area contributed by atoms with Crippen LogP contribution >= 0.6 is 0 Å². The normalized spacial score (nSPS) is 10.5.